The molecule has 1 saturated heterocycles. The maximum absolute atomic E-state index is 4.50. The van der Waals surface area contributed by atoms with Gasteiger partial charge in [-0.05, 0) is 73.7 Å². The fraction of sp³-hybridized carbons (Fsp3) is 0.364. The smallest absolute Gasteiger partial charge is 0.0950 e. The zero-order valence-electron chi connectivity index (χ0n) is 15.6. The van der Waals surface area contributed by atoms with Crippen molar-refractivity contribution in [3.05, 3.63) is 54.5 Å². The van der Waals surface area contributed by atoms with Crippen molar-refractivity contribution < 1.29 is 0 Å². The Labute approximate surface area is 155 Å². The van der Waals surface area contributed by atoms with E-state index in [1.54, 1.807) is 0 Å². The second kappa shape index (κ2) is 7.04. The Balaban J connectivity index is 1.61. The van der Waals surface area contributed by atoms with Crippen LogP contribution in [0.4, 0.5) is 0 Å². The predicted octanol–water partition coefficient (Wildman–Crippen LogP) is 4.89. The van der Waals surface area contributed by atoms with E-state index in [2.05, 4.69) is 57.8 Å². The molecule has 4 heteroatoms. The van der Waals surface area contributed by atoms with Gasteiger partial charge in [0.05, 0.1) is 11.2 Å². The number of aromatic nitrogens is 3. The number of rotatable bonds is 4. The van der Waals surface area contributed by atoms with Crippen LogP contribution in [0.2, 0.25) is 0 Å². The Hall–Kier alpha value is -2.46. The summed E-state index contributed by atoms with van der Waals surface area (Å²) in [5.41, 5.74) is 6.56. The molecule has 134 valence electrons. The topological polar surface area (TPSA) is 44.8 Å². The molecule has 0 amide bonds. The van der Waals surface area contributed by atoms with Gasteiger partial charge in [0, 0.05) is 29.9 Å². The number of fused-ring (bicyclic) bond motifs is 1. The maximum Gasteiger partial charge on any atom is 0.0950 e. The van der Waals surface area contributed by atoms with Crippen LogP contribution in [0.15, 0.2) is 43.2 Å². The van der Waals surface area contributed by atoms with Crippen LogP contribution in [0.25, 0.3) is 27.6 Å². The van der Waals surface area contributed by atoms with Crippen LogP contribution in [0.3, 0.4) is 0 Å². The van der Waals surface area contributed by atoms with Crippen molar-refractivity contribution in [3.63, 3.8) is 0 Å². The van der Waals surface area contributed by atoms with E-state index in [9.17, 15) is 0 Å². The molecular formula is C22H26N4. The molecule has 0 saturated carbocycles. The van der Waals surface area contributed by atoms with E-state index in [4.69, 9.17) is 0 Å². The highest BCUT2D eigenvalue weighted by atomic mass is 15.1. The zero-order valence-corrected chi connectivity index (χ0v) is 15.6. The van der Waals surface area contributed by atoms with Gasteiger partial charge in [0.15, 0.2) is 0 Å². The lowest BCUT2D eigenvalue weighted by molar-refractivity contribution is 0.185. The van der Waals surface area contributed by atoms with E-state index in [1.165, 1.54) is 37.1 Å². The van der Waals surface area contributed by atoms with Crippen LogP contribution in [0, 0.1) is 5.92 Å². The summed E-state index contributed by atoms with van der Waals surface area (Å²) in [6, 6.07) is 8.67. The summed E-state index contributed by atoms with van der Waals surface area (Å²) >= 11 is 0. The van der Waals surface area contributed by atoms with Crippen LogP contribution in [-0.4, -0.2) is 33.2 Å². The quantitative estimate of drug-likeness (QED) is 0.731. The summed E-state index contributed by atoms with van der Waals surface area (Å²) in [4.78, 5) is 7.04. The molecule has 1 aliphatic heterocycles. The zero-order chi connectivity index (χ0) is 18.1. The van der Waals surface area contributed by atoms with Gasteiger partial charge in [0.1, 0.15) is 0 Å². The van der Waals surface area contributed by atoms with Crippen LogP contribution in [-0.2, 0) is 6.54 Å². The molecule has 3 heterocycles. The highest BCUT2D eigenvalue weighted by Gasteiger charge is 2.16. The van der Waals surface area contributed by atoms with Crippen LogP contribution < -0.4 is 0 Å². The number of nitrogens with zero attached hydrogens (tertiary/aromatic N) is 3. The third-order valence-electron chi connectivity index (χ3n) is 5.38. The highest BCUT2D eigenvalue weighted by Crippen LogP contribution is 2.28. The van der Waals surface area contributed by atoms with Crippen molar-refractivity contribution >= 4 is 16.5 Å². The molecule has 2 aromatic heterocycles. The number of hydrogen-bond acceptors (Lipinski definition) is 3. The number of likely N-dealkylation sites (tertiary alicyclic amines) is 1. The van der Waals surface area contributed by atoms with Gasteiger partial charge in [-0.25, -0.2) is 0 Å². The Morgan fingerprint density at radius 3 is 2.77 bits per heavy atom. The number of hydrogen-bond donors (Lipinski definition) is 1. The number of pyridine rings is 1. The lowest BCUT2D eigenvalue weighted by Crippen LogP contribution is -2.32. The number of allylic oxidation sites excluding steroid dienone is 1. The molecule has 1 N–H and O–H groups in total. The first kappa shape index (κ1) is 17.0. The number of aromatic amines is 1. The number of piperidine rings is 1. The molecule has 1 aromatic carbocycles. The van der Waals surface area contributed by atoms with Crippen molar-refractivity contribution in [3.8, 4) is 11.1 Å². The maximum atomic E-state index is 4.50. The average molecular weight is 346 g/mol. The second-order valence-electron chi connectivity index (χ2n) is 7.65. The molecular weight excluding hydrogens is 320 g/mol. The minimum Gasteiger partial charge on any atom is -0.299 e. The molecule has 26 heavy (non-hydrogen) atoms. The molecule has 0 atom stereocenters. The third-order valence-corrected chi connectivity index (χ3v) is 5.38. The Bertz CT molecular complexity index is 932. The molecule has 0 aliphatic carbocycles. The van der Waals surface area contributed by atoms with Gasteiger partial charge in [0.25, 0.3) is 0 Å². The first-order valence-electron chi connectivity index (χ1n) is 9.41. The van der Waals surface area contributed by atoms with E-state index in [1.807, 2.05) is 19.3 Å². The minimum absolute atomic E-state index is 0.861. The van der Waals surface area contributed by atoms with E-state index >= 15 is 0 Å². The molecule has 4 nitrogen and oxygen atoms in total. The van der Waals surface area contributed by atoms with E-state index in [-0.39, 0.29) is 0 Å². The van der Waals surface area contributed by atoms with Crippen molar-refractivity contribution in [2.45, 2.75) is 33.2 Å². The second-order valence-corrected chi connectivity index (χ2v) is 7.65. The molecule has 0 spiro atoms. The largest absolute Gasteiger partial charge is 0.299 e. The van der Waals surface area contributed by atoms with E-state index in [0.29, 0.717) is 0 Å². The van der Waals surface area contributed by atoms with Gasteiger partial charge in [-0.2, -0.15) is 5.10 Å². The molecule has 4 rings (SSSR count). The SMILES string of the molecule is C=C(C)c1n[nH]c2ccc(-c3cncc(CN4CCC(C)CC4)c3)cc12. The van der Waals surface area contributed by atoms with Crippen LogP contribution in [0.1, 0.15) is 37.9 Å². The van der Waals surface area contributed by atoms with Gasteiger partial charge >= 0.3 is 0 Å². The fourth-order valence-corrected chi connectivity index (χ4v) is 3.73. The number of H-pyrrole nitrogens is 1. The highest BCUT2D eigenvalue weighted by molar-refractivity contribution is 5.92. The van der Waals surface area contributed by atoms with Gasteiger partial charge < -0.3 is 0 Å². The predicted molar refractivity (Wildman–Crippen MR) is 108 cm³/mol. The summed E-state index contributed by atoms with van der Waals surface area (Å²) in [7, 11) is 0. The number of nitrogens with one attached hydrogen (secondary N) is 1. The summed E-state index contributed by atoms with van der Waals surface area (Å²) in [5.74, 6) is 0.861. The first-order chi connectivity index (χ1) is 12.6. The minimum atomic E-state index is 0.861. The summed E-state index contributed by atoms with van der Waals surface area (Å²) in [5, 5.41) is 8.58. The third kappa shape index (κ3) is 3.42. The van der Waals surface area contributed by atoms with Gasteiger partial charge in [-0.15, -0.1) is 0 Å². The molecule has 0 bridgehead atoms. The molecule has 0 unspecified atom stereocenters. The summed E-state index contributed by atoms with van der Waals surface area (Å²) in [6.45, 7) is 11.7. The van der Waals surface area contributed by atoms with E-state index < -0.39 is 0 Å². The Kier molecular flexibility index (Phi) is 4.60. The standard InChI is InChI=1S/C22H26N4/c1-15(2)22-20-11-18(4-5-21(20)24-25-22)19-10-17(12-23-13-19)14-26-8-6-16(3)7-9-26/h4-5,10-13,16H,1,6-9,14H2,2-3H3,(H,24,25). The monoisotopic (exact) mass is 346 g/mol. The molecule has 1 fully saturated rings. The Morgan fingerprint density at radius 2 is 2.00 bits per heavy atom. The van der Waals surface area contributed by atoms with Crippen LogP contribution >= 0.6 is 0 Å². The van der Waals surface area contributed by atoms with Crippen molar-refractivity contribution in [2.24, 2.45) is 5.92 Å². The normalized spacial score (nSPS) is 16.2. The molecule has 0 radical (unpaired) electrons. The van der Waals surface area contributed by atoms with Gasteiger partial charge in [-0.1, -0.05) is 19.6 Å². The molecule has 3 aromatic rings. The van der Waals surface area contributed by atoms with Gasteiger partial charge in [0.2, 0.25) is 0 Å². The van der Waals surface area contributed by atoms with Crippen molar-refractivity contribution in [2.75, 3.05) is 13.1 Å². The average Bonchev–Trinajstić information content (AvgIpc) is 3.07. The Morgan fingerprint density at radius 1 is 1.19 bits per heavy atom. The van der Waals surface area contributed by atoms with Crippen molar-refractivity contribution in [1.82, 2.24) is 20.1 Å². The van der Waals surface area contributed by atoms with Crippen LogP contribution in [0.5, 0.6) is 0 Å². The lowest BCUT2D eigenvalue weighted by atomic mass is 9.98. The van der Waals surface area contributed by atoms with E-state index in [0.717, 1.165) is 40.2 Å². The lowest BCUT2D eigenvalue weighted by Gasteiger charge is -2.30. The first-order valence-corrected chi connectivity index (χ1v) is 9.41. The fourth-order valence-electron chi connectivity index (χ4n) is 3.73. The van der Waals surface area contributed by atoms with Crippen molar-refractivity contribution in [1.29, 1.82) is 0 Å². The summed E-state index contributed by atoms with van der Waals surface area (Å²) in [6.07, 6.45) is 6.54. The summed E-state index contributed by atoms with van der Waals surface area (Å²) < 4.78 is 0. The number of benzene rings is 1. The molecule has 1 aliphatic rings. The van der Waals surface area contributed by atoms with Gasteiger partial charge in [-0.3, -0.25) is 15.0 Å².